The molecule has 0 saturated heterocycles. The maximum absolute atomic E-state index is 12.3. The number of anilines is 2. The van der Waals surface area contributed by atoms with Gasteiger partial charge in [-0.1, -0.05) is 38.8 Å². The molecule has 0 saturated carbocycles. The van der Waals surface area contributed by atoms with E-state index in [9.17, 15) is 9.59 Å². The summed E-state index contributed by atoms with van der Waals surface area (Å²) >= 11 is 1.18. The summed E-state index contributed by atoms with van der Waals surface area (Å²) in [4.78, 5) is 25.7. The van der Waals surface area contributed by atoms with Crippen LogP contribution in [0.3, 0.4) is 0 Å². The maximum atomic E-state index is 12.3. The fraction of sp³-hybridized carbons (Fsp3) is 0.400. The van der Waals surface area contributed by atoms with Crippen molar-refractivity contribution in [2.75, 3.05) is 11.1 Å². The van der Waals surface area contributed by atoms with E-state index < -0.39 is 0 Å². The fourth-order valence-corrected chi connectivity index (χ4v) is 3.38. The van der Waals surface area contributed by atoms with Crippen molar-refractivity contribution in [1.82, 2.24) is 5.32 Å². The van der Waals surface area contributed by atoms with Crippen molar-refractivity contribution >= 4 is 34.5 Å². The van der Waals surface area contributed by atoms with Crippen LogP contribution in [0.4, 0.5) is 11.4 Å². The van der Waals surface area contributed by atoms with Gasteiger partial charge in [0.25, 0.3) is 11.8 Å². The Morgan fingerprint density at radius 2 is 1.65 bits per heavy atom. The first-order chi connectivity index (χ1) is 12.4. The van der Waals surface area contributed by atoms with Crippen molar-refractivity contribution in [2.45, 2.75) is 46.1 Å². The average Bonchev–Trinajstić information content (AvgIpc) is 3.07. The molecule has 0 aliphatic heterocycles. The number of benzene rings is 1. The van der Waals surface area contributed by atoms with Gasteiger partial charge < -0.3 is 16.4 Å². The zero-order chi connectivity index (χ0) is 19.1. The van der Waals surface area contributed by atoms with Gasteiger partial charge in [0.15, 0.2) is 0 Å². The molecule has 0 aliphatic carbocycles. The molecular formula is C20H27N3O2S. The van der Waals surface area contributed by atoms with Crippen LogP contribution in [0.2, 0.25) is 0 Å². The van der Waals surface area contributed by atoms with E-state index >= 15 is 0 Å². The van der Waals surface area contributed by atoms with Gasteiger partial charge in [-0.2, -0.15) is 0 Å². The highest BCUT2D eigenvalue weighted by Crippen LogP contribution is 2.21. The quantitative estimate of drug-likeness (QED) is 0.595. The number of hydrogen-bond donors (Lipinski definition) is 3. The lowest BCUT2D eigenvalue weighted by molar-refractivity contribution is 0.0941. The summed E-state index contributed by atoms with van der Waals surface area (Å²) in [6.07, 6.45) is 3.21. The Balaban J connectivity index is 1.90. The second-order valence-corrected chi connectivity index (χ2v) is 7.99. The lowest BCUT2D eigenvalue weighted by Crippen LogP contribution is -2.32. The van der Waals surface area contributed by atoms with Gasteiger partial charge in [-0.05, 0) is 43.5 Å². The van der Waals surface area contributed by atoms with Crippen LogP contribution in [0, 0.1) is 5.92 Å². The Hall–Kier alpha value is -2.34. The van der Waals surface area contributed by atoms with Crippen molar-refractivity contribution in [3.8, 4) is 0 Å². The molecule has 4 N–H and O–H groups in total. The van der Waals surface area contributed by atoms with Crippen LogP contribution in [-0.2, 0) is 0 Å². The second-order valence-electron chi connectivity index (χ2n) is 6.90. The van der Waals surface area contributed by atoms with E-state index in [0.29, 0.717) is 27.0 Å². The third-order valence-corrected chi connectivity index (χ3v) is 5.14. The highest BCUT2D eigenvalue weighted by molar-refractivity contribution is 7.16. The molecule has 1 aromatic carbocycles. The van der Waals surface area contributed by atoms with Crippen LogP contribution in [-0.4, -0.2) is 17.9 Å². The summed E-state index contributed by atoms with van der Waals surface area (Å²) in [5.41, 5.74) is 6.91. The number of amides is 2. The molecule has 140 valence electrons. The molecule has 0 radical (unpaired) electrons. The highest BCUT2D eigenvalue weighted by Gasteiger charge is 2.16. The number of thiophene rings is 1. The summed E-state index contributed by atoms with van der Waals surface area (Å²) in [7, 11) is 0. The number of hydrogen-bond acceptors (Lipinski definition) is 4. The van der Waals surface area contributed by atoms with Gasteiger partial charge in [0.2, 0.25) is 0 Å². The van der Waals surface area contributed by atoms with Crippen molar-refractivity contribution < 1.29 is 9.59 Å². The largest absolute Gasteiger partial charge is 0.397 e. The first-order valence-corrected chi connectivity index (χ1v) is 9.75. The first-order valence-electron chi connectivity index (χ1n) is 8.93. The number of nitrogens with one attached hydrogen (secondary N) is 2. The number of nitrogens with two attached hydrogens (primary N) is 1. The van der Waals surface area contributed by atoms with E-state index in [1.54, 1.807) is 36.4 Å². The lowest BCUT2D eigenvalue weighted by Gasteiger charge is -2.13. The topological polar surface area (TPSA) is 84.2 Å². The van der Waals surface area contributed by atoms with Crippen LogP contribution in [0.25, 0.3) is 0 Å². The molecular weight excluding hydrogens is 346 g/mol. The Morgan fingerprint density at radius 1 is 1.00 bits per heavy atom. The van der Waals surface area contributed by atoms with Crippen LogP contribution in [0.15, 0.2) is 36.4 Å². The van der Waals surface area contributed by atoms with Crippen LogP contribution in [0.5, 0.6) is 0 Å². The van der Waals surface area contributed by atoms with Gasteiger partial charge in [-0.25, -0.2) is 0 Å². The minimum atomic E-state index is -0.267. The minimum Gasteiger partial charge on any atom is -0.397 e. The van der Waals surface area contributed by atoms with E-state index in [2.05, 4.69) is 24.5 Å². The minimum absolute atomic E-state index is 0.116. The number of nitrogen functional groups attached to an aromatic ring is 1. The molecule has 2 aromatic rings. The Kier molecular flexibility index (Phi) is 7.21. The summed E-state index contributed by atoms with van der Waals surface area (Å²) in [5.74, 6) is 0.275. The summed E-state index contributed by atoms with van der Waals surface area (Å²) < 4.78 is 0. The van der Waals surface area contributed by atoms with E-state index in [1.165, 1.54) is 11.3 Å². The Morgan fingerprint density at radius 3 is 2.31 bits per heavy atom. The van der Waals surface area contributed by atoms with E-state index in [1.807, 2.05) is 6.92 Å². The van der Waals surface area contributed by atoms with Crippen LogP contribution in [0.1, 0.15) is 59.4 Å². The predicted octanol–water partition coefficient (Wildman–Crippen LogP) is 4.53. The number of carbonyl (C=O) groups is 2. The molecule has 5 nitrogen and oxygen atoms in total. The Bertz CT molecular complexity index is 755. The zero-order valence-electron chi connectivity index (χ0n) is 15.5. The Labute approximate surface area is 159 Å². The number of rotatable bonds is 8. The standard InChI is InChI=1S/C20H27N3O2S/c1-13(2)7-6-8-14(3)22-19(24)17-11-12-18(26-17)20(25)23-16-10-5-4-9-15(16)21/h4-5,9-14H,6-8,21H2,1-3H3,(H,22,24)(H,23,25). The molecule has 0 spiro atoms. The molecule has 6 heteroatoms. The van der Waals surface area contributed by atoms with E-state index in [-0.39, 0.29) is 17.9 Å². The van der Waals surface area contributed by atoms with Gasteiger partial charge in [0.1, 0.15) is 0 Å². The molecule has 1 heterocycles. The summed E-state index contributed by atoms with van der Waals surface area (Å²) in [6, 6.07) is 10.5. The van der Waals surface area contributed by atoms with E-state index in [0.717, 1.165) is 19.3 Å². The average molecular weight is 374 g/mol. The fourth-order valence-electron chi connectivity index (χ4n) is 2.58. The summed E-state index contributed by atoms with van der Waals surface area (Å²) in [5, 5.41) is 5.77. The molecule has 0 aliphatic rings. The molecule has 0 fully saturated rings. The van der Waals surface area contributed by atoms with Gasteiger partial charge in [0.05, 0.1) is 21.1 Å². The molecule has 1 atom stereocenters. The van der Waals surface area contributed by atoms with Crippen molar-refractivity contribution in [1.29, 1.82) is 0 Å². The van der Waals surface area contributed by atoms with Crippen LogP contribution >= 0.6 is 11.3 Å². The van der Waals surface area contributed by atoms with Crippen LogP contribution < -0.4 is 16.4 Å². The molecule has 0 bridgehead atoms. The molecule has 1 unspecified atom stereocenters. The van der Waals surface area contributed by atoms with Crippen molar-refractivity contribution in [3.05, 3.63) is 46.2 Å². The molecule has 2 amide bonds. The van der Waals surface area contributed by atoms with Gasteiger partial charge >= 0.3 is 0 Å². The molecule has 2 rings (SSSR count). The third kappa shape index (κ3) is 5.88. The van der Waals surface area contributed by atoms with Crippen molar-refractivity contribution in [3.63, 3.8) is 0 Å². The lowest BCUT2D eigenvalue weighted by atomic mass is 10.0. The highest BCUT2D eigenvalue weighted by atomic mass is 32.1. The monoisotopic (exact) mass is 373 g/mol. The normalized spacial score (nSPS) is 12.0. The predicted molar refractivity (Wildman–Crippen MR) is 109 cm³/mol. The summed E-state index contributed by atoms with van der Waals surface area (Å²) in [6.45, 7) is 6.41. The van der Waals surface area contributed by atoms with Crippen molar-refractivity contribution in [2.24, 2.45) is 5.92 Å². The molecule has 1 aromatic heterocycles. The smallest absolute Gasteiger partial charge is 0.265 e. The zero-order valence-corrected chi connectivity index (χ0v) is 16.4. The second kappa shape index (κ2) is 9.38. The van der Waals surface area contributed by atoms with Gasteiger partial charge in [-0.3, -0.25) is 9.59 Å². The van der Waals surface area contributed by atoms with Gasteiger partial charge in [0, 0.05) is 6.04 Å². The number of para-hydroxylation sites is 2. The maximum Gasteiger partial charge on any atom is 0.265 e. The third-order valence-electron chi connectivity index (χ3n) is 4.06. The SMILES string of the molecule is CC(C)CCCC(C)NC(=O)c1ccc(C(=O)Nc2ccccc2N)s1. The number of carbonyl (C=O) groups excluding carboxylic acids is 2. The van der Waals surface area contributed by atoms with E-state index in [4.69, 9.17) is 5.73 Å². The molecule has 26 heavy (non-hydrogen) atoms. The van der Waals surface area contributed by atoms with Gasteiger partial charge in [-0.15, -0.1) is 11.3 Å². The first kappa shape index (κ1) is 20.0.